The highest BCUT2D eigenvalue weighted by Crippen LogP contribution is 1.92. The molecule has 0 aromatic heterocycles. The zero-order chi connectivity index (χ0) is 7.98. The van der Waals surface area contributed by atoms with E-state index in [2.05, 4.69) is 0 Å². The minimum absolute atomic E-state index is 0.585. The molecule has 0 atom stereocenters. The van der Waals surface area contributed by atoms with Gasteiger partial charge in [0.05, 0.1) is 0 Å². The van der Waals surface area contributed by atoms with Crippen LogP contribution in [0.4, 0.5) is 0 Å². The fraction of sp³-hybridized carbons (Fsp3) is 0.375. The first-order valence-electron chi connectivity index (χ1n) is 3.25. The van der Waals surface area contributed by atoms with Crippen molar-refractivity contribution in [1.82, 2.24) is 0 Å². The van der Waals surface area contributed by atoms with E-state index < -0.39 is 0 Å². The number of hydrogen-bond acceptors (Lipinski definition) is 2. The Labute approximate surface area is 61.9 Å². The van der Waals surface area contributed by atoms with E-state index in [0.29, 0.717) is 6.54 Å². The summed E-state index contributed by atoms with van der Waals surface area (Å²) in [5, 5.41) is 6.86. The van der Waals surface area contributed by atoms with Crippen LogP contribution in [0.1, 0.15) is 13.8 Å². The van der Waals surface area contributed by atoms with Gasteiger partial charge in [0.2, 0.25) is 0 Å². The second-order valence-corrected chi connectivity index (χ2v) is 2.27. The number of nitrogens with two attached hydrogens (primary N) is 1. The van der Waals surface area contributed by atoms with Crippen LogP contribution in [0.5, 0.6) is 0 Å². The van der Waals surface area contributed by atoms with E-state index in [1.807, 2.05) is 26.0 Å². The third-order valence-electron chi connectivity index (χ3n) is 1.18. The third-order valence-corrected chi connectivity index (χ3v) is 1.18. The van der Waals surface area contributed by atoms with Crippen LogP contribution in [0.3, 0.4) is 0 Å². The quantitative estimate of drug-likeness (QED) is 0.450. The molecule has 3 N–H and O–H groups in total. The van der Waals surface area contributed by atoms with Gasteiger partial charge in [-0.3, -0.25) is 0 Å². The first-order valence-corrected chi connectivity index (χ1v) is 3.25. The first kappa shape index (κ1) is 9.11. The van der Waals surface area contributed by atoms with E-state index in [0.717, 1.165) is 11.1 Å². The van der Waals surface area contributed by atoms with Crippen LogP contribution in [0.25, 0.3) is 0 Å². The van der Waals surface area contributed by atoms with E-state index in [1.165, 1.54) is 6.21 Å². The van der Waals surface area contributed by atoms with Crippen molar-refractivity contribution in [2.45, 2.75) is 13.8 Å². The zero-order valence-electron chi connectivity index (χ0n) is 6.52. The molecule has 0 bridgehead atoms. The zero-order valence-corrected chi connectivity index (χ0v) is 6.52. The molecule has 0 fully saturated rings. The van der Waals surface area contributed by atoms with Gasteiger partial charge >= 0.3 is 0 Å². The molecule has 0 aliphatic carbocycles. The van der Waals surface area contributed by atoms with Gasteiger partial charge in [0, 0.05) is 12.8 Å². The fourth-order valence-corrected chi connectivity index (χ4v) is 0.390. The Morgan fingerprint density at radius 2 is 2.00 bits per heavy atom. The monoisotopic (exact) mass is 138 g/mol. The number of nitrogens with one attached hydrogen (secondary N) is 1. The van der Waals surface area contributed by atoms with Crippen LogP contribution in [0.2, 0.25) is 0 Å². The molecule has 0 saturated heterocycles. The summed E-state index contributed by atoms with van der Waals surface area (Å²) in [6, 6.07) is 0. The molecular weight excluding hydrogens is 124 g/mol. The Morgan fingerprint density at radius 1 is 1.40 bits per heavy atom. The molecule has 10 heavy (non-hydrogen) atoms. The molecule has 0 rings (SSSR count). The summed E-state index contributed by atoms with van der Waals surface area (Å²) >= 11 is 0. The average molecular weight is 138 g/mol. The maximum absolute atomic E-state index is 6.86. The molecule has 0 saturated carbocycles. The Morgan fingerprint density at radius 3 is 2.40 bits per heavy atom. The summed E-state index contributed by atoms with van der Waals surface area (Å²) in [5.41, 5.74) is 7.41. The topological polar surface area (TPSA) is 49.9 Å². The highest BCUT2D eigenvalue weighted by atomic mass is 14.5. The van der Waals surface area contributed by atoms with Crippen LogP contribution in [-0.4, -0.2) is 12.8 Å². The summed E-state index contributed by atoms with van der Waals surface area (Å²) in [7, 11) is 0. The normalized spacial score (nSPS) is 13.5. The largest absolute Gasteiger partial charge is 0.327 e. The molecular formula is C8H14N2. The van der Waals surface area contributed by atoms with Crippen molar-refractivity contribution in [3.8, 4) is 0 Å². The predicted octanol–water partition coefficient (Wildman–Crippen LogP) is 1.49. The molecule has 0 aromatic rings. The highest BCUT2D eigenvalue weighted by molar-refractivity contribution is 5.75. The van der Waals surface area contributed by atoms with Crippen LogP contribution in [-0.2, 0) is 0 Å². The molecule has 0 spiro atoms. The molecule has 0 aliphatic heterocycles. The molecule has 56 valence electrons. The maximum atomic E-state index is 6.86. The van der Waals surface area contributed by atoms with Crippen LogP contribution in [0, 0.1) is 5.41 Å². The molecule has 0 heterocycles. The number of hydrogen-bond donors (Lipinski definition) is 2. The molecule has 0 aromatic carbocycles. The van der Waals surface area contributed by atoms with E-state index >= 15 is 0 Å². The molecule has 0 amide bonds. The van der Waals surface area contributed by atoms with Crippen molar-refractivity contribution in [3.05, 3.63) is 23.3 Å². The number of allylic oxidation sites excluding steroid dienone is 3. The summed E-state index contributed by atoms with van der Waals surface area (Å²) in [5.74, 6) is 0. The van der Waals surface area contributed by atoms with E-state index in [-0.39, 0.29) is 0 Å². The van der Waals surface area contributed by atoms with Crippen LogP contribution >= 0.6 is 0 Å². The SMILES string of the molecule is C/C(C=N)=C\C=C(/C)CN. The lowest BCUT2D eigenvalue weighted by Gasteiger charge is -1.90. The van der Waals surface area contributed by atoms with Gasteiger partial charge in [-0.05, 0) is 19.4 Å². The van der Waals surface area contributed by atoms with E-state index in [9.17, 15) is 0 Å². The van der Waals surface area contributed by atoms with E-state index in [1.54, 1.807) is 0 Å². The average Bonchev–Trinajstić information content (AvgIpc) is 1.99. The van der Waals surface area contributed by atoms with Crippen molar-refractivity contribution >= 4 is 6.21 Å². The standard InChI is InChI=1S/C8H14N2/c1-7(5-9)3-4-8(2)6-10/h3-5,9H,6,10H2,1-2H3/b7-3+,8-4+,9-5?. The summed E-state index contributed by atoms with van der Waals surface area (Å²) < 4.78 is 0. The Balaban J connectivity index is 4.03. The Bertz CT molecular complexity index is 166. The highest BCUT2D eigenvalue weighted by Gasteiger charge is 1.80. The Kier molecular flexibility index (Phi) is 4.50. The second kappa shape index (κ2) is 4.94. The third kappa shape index (κ3) is 4.04. The van der Waals surface area contributed by atoms with Gasteiger partial charge in [-0.15, -0.1) is 0 Å². The fourth-order valence-electron chi connectivity index (χ4n) is 0.390. The summed E-state index contributed by atoms with van der Waals surface area (Å²) in [6.45, 7) is 4.43. The van der Waals surface area contributed by atoms with Gasteiger partial charge in [-0.2, -0.15) is 0 Å². The van der Waals surface area contributed by atoms with Gasteiger partial charge in [-0.25, -0.2) is 0 Å². The lowest BCUT2D eigenvalue weighted by Crippen LogP contribution is -1.98. The van der Waals surface area contributed by atoms with Crippen molar-refractivity contribution in [2.75, 3.05) is 6.54 Å². The summed E-state index contributed by atoms with van der Waals surface area (Å²) in [6.07, 6.45) is 5.13. The molecule has 2 heteroatoms. The van der Waals surface area contributed by atoms with Gasteiger partial charge in [0.15, 0.2) is 0 Å². The number of rotatable bonds is 3. The lowest BCUT2D eigenvalue weighted by molar-refractivity contribution is 1.14. The molecule has 0 unspecified atom stereocenters. The predicted molar refractivity (Wildman–Crippen MR) is 45.4 cm³/mol. The van der Waals surface area contributed by atoms with Crippen molar-refractivity contribution < 1.29 is 0 Å². The smallest absolute Gasteiger partial charge is 0.0207 e. The molecule has 0 aliphatic rings. The minimum Gasteiger partial charge on any atom is -0.327 e. The van der Waals surface area contributed by atoms with Gasteiger partial charge in [0.1, 0.15) is 0 Å². The minimum atomic E-state index is 0.585. The summed E-state index contributed by atoms with van der Waals surface area (Å²) in [4.78, 5) is 0. The van der Waals surface area contributed by atoms with Crippen molar-refractivity contribution in [2.24, 2.45) is 5.73 Å². The van der Waals surface area contributed by atoms with Crippen LogP contribution < -0.4 is 5.73 Å². The van der Waals surface area contributed by atoms with Crippen molar-refractivity contribution in [3.63, 3.8) is 0 Å². The first-order chi connectivity index (χ1) is 4.70. The maximum Gasteiger partial charge on any atom is 0.0207 e. The van der Waals surface area contributed by atoms with Crippen LogP contribution in [0.15, 0.2) is 23.3 Å². The molecule has 2 nitrogen and oxygen atoms in total. The second-order valence-electron chi connectivity index (χ2n) is 2.27. The van der Waals surface area contributed by atoms with Gasteiger partial charge in [0.25, 0.3) is 0 Å². The van der Waals surface area contributed by atoms with Crippen molar-refractivity contribution in [1.29, 1.82) is 5.41 Å². The van der Waals surface area contributed by atoms with Gasteiger partial charge in [-0.1, -0.05) is 17.7 Å². The van der Waals surface area contributed by atoms with E-state index in [4.69, 9.17) is 11.1 Å². The lowest BCUT2D eigenvalue weighted by atomic mass is 10.2. The Hall–Kier alpha value is -0.890. The van der Waals surface area contributed by atoms with Gasteiger partial charge < -0.3 is 11.1 Å². The molecule has 0 radical (unpaired) electrons.